The van der Waals surface area contributed by atoms with Crippen LogP contribution in [0.3, 0.4) is 0 Å². The fourth-order valence-corrected chi connectivity index (χ4v) is 5.19. The van der Waals surface area contributed by atoms with Crippen LogP contribution in [0.15, 0.2) is 124 Å². The summed E-state index contributed by atoms with van der Waals surface area (Å²) in [6.07, 6.45) is 0. The van der Waals surface area contributed by atoms with Crippen LogP contribution in [0.1, 0.15) is 20.7 Å². The third kappa shape index (κ3) is 6.03. The first-order valence-electron chi connectivity index (χ1n) is 12.7. The van der Waals surface area contributed by atoms with Crippen LogP contribution in [0, 0.1) is 0 Å². The molecule has 0 aromatic heterocycles. The van der Waals surface area contributed by atoms with E-state index < -0.39 is 32.7 Å². The lowest BCUT2D eigenvalue weighted by molar-refractivity contribution is 0.0684. The van der Waals surface area contributed by atoms with Crippen LogP contribution in [0.4, 0.5) is 11.4 Å². The zero-order valence-corrected chi connectivity index (χ0v) is 22.9. The van der Waals surface area contributed by atoms with Crippen molar-refractivity contribution in [3.8, 4) is 5.75 Å². The highest BCUT2D eigenvalue weighted by Gasteiger charge is 2.20. The number of nitrogens with zero attached hydrogens (tertiary/aromatic N) is 2. The SMILES string of the molecule is O=C(O)c1cc2ccccc2c(N=Nc2c(S(=O)(=O)O)ccc3ccccc23)c1O.O=C(O)c1ccc2ccccc2c1. The van der Waals surface area contributed by atoms with Crippen LogP contribution >= 0.6 is 0 Å². The minimum atomic E-state index is -4.61. The molecule has 0 aliphatic rings. The smallest absolute Gasteiger partial charge is 0.339 e. The summed E-state index contributed by atoms with van der Waals surface area (Å²) >= 11 is 0. The van der Waals surface area contributed by atoms with Gasteiger partial charge in [-0.25, -0.2) is 9.59 Å². The van der Waals surface area contributed by atoms with Crippen molar-refractivity contribution in [2.24, 2.45) is 10.2 Å². The van der Waals surface area contributed by atoms with Gasteiger partial charge in [0.2, 0.25) is 0 Å². The third-order valence-corrected chi connectivity index (χ3v) is 7.50. The Morgan fingerprint density at radius 3 is 1.74 bits per heavy atom. The van der Waals surface area contributed by atoms with Crippen LogP contribution in [-0.4, -0.2) is 40.2 Å². The molecule has 0 atom stereocenters. The first kappa shape index (κ1) is 28.9. The van der Waals surface area contributed by atoms with Gasteiger partial charge in [-0.2, -0.15) is 8.42 Å². The molecule has 214 valence electrons. The Morgan fingerprint density at radius 1 is 0.581 bits per heavy atom. The normalized spacial score (nSPS) is 11.5. The molecule has 4 N–H and O–H groups in total. The lowest BCUT2D eigenvalue weighted by Gasteiger charge is -2.09. The maximum Gasteiger partial charge on any atom is 0.339 e. The summed E-state index contributed by atoms with van der Waals surface area (Å²) in [7, 11) is -4.61. The van der Waals surface area contributed by atoms with Crippen molar-refractivity contribution in [3.63, 3.8) is 0 Å². The second-order valence-corrected chi connectivity index (χ2v) is 10.7. The molecule has 6 aromatic carbocycles. The van der Waals surface area contributed by atoms with Crippen molar-refractivity contribution in [2.45, 2.75) is 4.90 Å². The summed E-state index contributed by atoms with van der Waals surface area (Å²) in [4.78, 5) is 21.7. The molecule has 0 amide bonds. The van der Waals surface area contributed by atoms with Crippen LogP contribution < -0.4 is 0 Å². The third-order valence-electron chi connectivity index (χ3n) is 6.61. The zero-order valence-electron chi connectivity index (χ0n) is 22.1. The van der Waals surface area contributed by atoms with E-state index in [1.807, 2.05) is 30.3 Å². The van der Waals surface area contributed by atoms with Gasteiger partial charge in [0.25, 0.3) is 10.1 Å². The molecule has 0 saturated carbocycles. The van der Waals surface area contributed by atoms with Crippen LogP contribution in [-0.2, 0) is 10.1 Å². The quantitative estimate of drug-likeness (QED) is 0.117. The first-order chi connectivity index (χ1) is 20.5. The minimum Gasteiger partial charge on any atom is -0.505 e. The highest BCUT2D eigenvalue weighted by atomic mass is 32.2. The Balaban J connectivity index is 0.000000235. The van der Waals surface area contributed by atoms with Crippen molar-refractivity contribution in [3.05, 3.63) is 120 Å². The van der Waals surface area contributed by atoms with E-state index in [9.17, 15) is 32.8 Å². The largest absolute Gasteiger partial charge is 0.505 e. The maximum atomic E-state index is 11.9. The number of phenols is 1. The molecule has 0 aliphatic carbocycles. The van der Waals surface area contributed by atoms with Gasteiger partial charge < -0.3 is 15.3 Å². The van der Waals surface area contributed by atoms with Gasteiger partial charge in [-0.05, 0) is 45.8 Å². The standard InChI is InChI=1S/C21H14N2O6S.C11H8O2/c24-20-16(21(25)26)11-13-6-2-4-8-15(13)19(20)23-22-18-14-7-3-1-5-12(14)9-10-17(18)30(27,28)29;12-11(13)10-6-5-8-3-1-2-4-9(8)7-10/h1-11,24H,(H,25,26)(H,27,28,29);1-7H,(H,12,13). The second kappa shape index (κ2) is 11.7. The van der Waals surface area contributed by atoms with E-state index in [2.05, 4.69) is 10.2 Å². The molecule has 6 rings (SSSR count). The predicted molar refractivity (Wildman–Crippen MR) is 161 cm³/mol. The summed E-state index contributed by atoms with van der Waals surface area (Å²) in [6.45, 7) is 0. The molecule has 43 heavy (non-hydrogen) atoms. The molecule has 11 heteroatoms. The van der Waals surface area contributed by atoms with Gasteiger partial charge in [-0.15, -0.1) is 10.2 Å². The predicted octanol–water partition coefficient (Wildman–Crippen LogP) is 7.60. The average molecular weight is 595 g/mol. The Morgan fingerprint density at radius 2 is 1.12 bits per heavy atom. The zero-order chi connectivity index (χ0) is 30.7. The van der Waals surface area contributed by atoms with Gasteiger partial charge in [0.1, 0.15) is 21.8 Å². The molecule has 0 saturated heterocycles. The summed E-state index contributed by atoms with van der Waals surface area (Å²) < 4.78 is 33.3. The number of fused-ring (bicyclic) bond motifs is 3. The average Bonchev–Trinajstić information content (AvgIpc) is 2.99. The van der Waals surface area contributed by atoms with E-state index in [4.69, 9.17) is 5.11 Å². The molecular formula is C32H22N2O8S. The van der Waals surface area contributed by atoms with E-state index in [0.717, 1.165) is 10.8 Å². The Labute approximate surface area is 244 Å². The molecule has 6 aromatic rings. The number of aromatic carboxylic acids is 2. The fraction of sp³-hybridized carbons (Fsp3) is 0. The lowest BCUT2D eigenvalue weighted by Crippen LogP contribution is -1.98. The van der Waals surface area contributed by atoms with E-state index in [-0.39, 0.29) is 16.9 Å². The van der Waals surface area contributed by atoms with Crippen LogP contribution in [0.25, 0.3) is 32.3 Å². The summed E-state index contributed by atoms with van der Waals surface area (Å²) in [5, 5.41) is 40.7. The van der Waals surface area contributed by atoms with E-state index >= 15 is 0 Å². The summed E-state index contributed by atoms with van der Waals surface area (Å²) in [5.41, 5.74) is -0.284. The molecule has 0 aliphatic heterocycles. The molecule has 0 bridgehead atoms. The van der Waals surface area contributed by atoms with Gasteiger partial charge >= 0.3 is 11.9 Å². The number of hydrogen-bond donors (Lipinski definition) is 4. The maximum absolute atomic E-state index is 11.9. The highest BCUT2D eigenvalue weighted by molar-refractivity contribution is 7.86. The monoisotopic (exact) mass is 594 g/mol. The van der Waals surface area contributed by atoms with Crippen LogP contribution in [0.5, 0.6) is 5.75 Å². The molecule has 0 radical (unpaired) electrons. The van der Waals surface area contributed by atoms with Crippen molar-refractivity contribution in [1.29, 1.82) is 0 Å². The number of rotatable bonds is 5. The van der Waals surface area contributed by atoms with Crippen molar-refractivity contribution >= 4 is 65.7 Å². The van der Waals surface area contributed by atoms with Gasteiger partial charge in [0.15, 0.2) is 5.75 Å². The van der Waals surface area contributed by atoms with Gasteiger partial charge in [-0.1, -0.05) is 84.9 Å². The van der Waals surface area contributed by atoms with Gasteiger partial charge in [0, 0.05) is 10.8 Å². The number of hydrogen-bond acceptors (Lipinski definition) is 7. The fourth-order valence-electron chi connectivity index (χ4n) is 4.55. The van der Waals surface area contributed by atoms with Gasteiger partial charge in [0.05, 0.1) is 5.56 Å². The minimum absolute atomic E-state index is 0.125. The number of carboxylic acid groups (broad SMARTS) is 2. The lowest BCUT2D eigenvalue weighted by atomic mass is 10.0. The van der Waals surface area contributed by atoms with Crippen molar-refractivity contribution < 1.29 is 37.9 Å². The molecule has 0 heterocycles. The van der Waals surface area contributed by atoms with Gasteiger partial charge in [-0.3, -0.25) is 4.55 Å². The van der Waals surface area contributed by atoms with E-state index in [1.54, 1.807) is 60.7 Å². The van der Waals surface area contributed by atoms with Crippen LogP contribution in [0.2, 0.25) is 0 Å². The summed E-state index contributed by atoms with van der Waals surface area (Å²) in [5.74, 6) is -2.83. The van der Waals surface area contributed by atoms with E-state index in [1.165, 1.54) is 18.2 Å². The topological polar surface area (TPSA) is 174 Å². The molecule has 10 nitrogen and oxygen atoms in total. The molecule has 0 spiro atoms. The van der Waals surface area contributed by atoms with Crippen molar-refractivity contribution in [2.75, 3.05) is 0 Å². The first-order valence-corrected chi connectivity index (χ1v) is 14.1. The summed E-state index contributed by atoms with van der Waals surface area (Å²) in [6, 6.07) is 30.3. The van der Waals surface area contributed by atoms with E-state index in [0.29, 0.717) is 27.1 Å². The number of azo groups is 1. The number of carboxylic acids is 2. The molecule has 0 fully saturated rings. The number of benzene rings is 6. The number of aromatic hydroxyl groups is 1. The Kier molecular flexibility index (Phi) is 7.84. The Bertz CT molecular complexity index is 2190. The van der Waals surface area contributed by atoms with Crippen molar-refractivity contribution in [1.82, 2.24) is 0 Å². The Hall–Kier alpha value is -5.65. The number of carbonyl (C=O) groups is 2. The second-order valence-electron chi connectivity index (χ2n) is 9.32. The molecular weight excluding hydrogens is 572 g/mol. The highest BCUT2D eigenvalue weighted by Crippen LogP contribution is 2.41. The molecule has 0 unspecified atom stereocenters.